The molecule has 1 saturated heterocycles. The maximum Gasteiger partial charge on any atom is 0.251 e. The third-order valence-electron chi connectivity index (χ3n) is 3.62. The van der Waals surface area contributed by atoms with E-state index in [4.69, 9.17) is 23.2 Å². The first-order chi connectivity index (χ1) is 10.0. The van der Waals surface area contributed by atoms with Crippen LogP contribution in [0.3, 0.4) is 0 Å². The molecule has 0 aliphatic carbocycles. The van der Waals surface area contributed by atoms with Crippen LogP contribution in [0, 0.1) is 0 Å². The first kappa shape index (κ1) is 16.6. The lowest BCUT2D eigenvalue weighted by Gasteiger charge is -2.29. The number of benzene rings is 1. The summed E-state index contributed by atoms with van der Waals surface area (Å²) in [5.74, 6) is -0.159. The highest BCUT2D eigenvalue weighted by Crippen LogP contribution is 2.18. The average Bonchev–Trinajstić information content (AvgIpc) is 2.44. The standard InChI is InChI=1S/C15H20Cl2N2O2/c16-12-8-11(9-13(17)10-12)15(21)18-4-1-5-19-6-2-14(20)3-7-19/h8-10,14,20H,1-7H2,(H,18,21). The Morgan fingerprint density at radius 1 is 1.24 bits per heavy atom. The second-order valence-electron chi connectivity index (χ2n) is 5.34. The zero-order valence-corrected chi connectivity index (χ0v) is 13.3. The van der Waals surface area contributed by atoms with Crippen molar-refractivity contribution < 1.29 is 9.90 Å². The molecule has 2 N–H and O–H groups in total. The zero-order chi connectivity index (χ0) is 15.2. The second-order valence-corrected chi connectivity index (χ2v) is 6.21. The lowest BCUT2D eigenvalue weighted by molar-refractivity contribution is 0.0816. The van der Waals surface area contributed by atoms with Crippen LogP contribution >= 0.6 is 23.2 Å². The Morgan fingerprint density at radius 2 is 1.86 bits per heavy atom. The van der Waals surface area contributed by atoms with Gasteiger partial charge in [0.05, 0.1) is 6.10 Å². The molecule has 0 aromatic heterocycles. The molecule has 1 aromatic carbocycles. The third kappa shape index (κ3) is 5.47. The first-order valence-electron chi connectivity index (χ1n) is 7.19. The molecule has 0 saturated carbocycles. The van der Waals surface area contributed by atoms with E-state index in [-0.39, 0.29) is 12.0 Å². The van der Waals surface area contributed by atoms with Crippen molar-refractivity contribution in [3.63, 3.8) is 0 Å². The van der Waals surface area contributed by atoms with E-state index in [1.54, 1.807) is 18.2 Å². The number of nitrogens with one attached hydrogen (secondary N) is 1. The quantitative estimate of drug-likeness (QED) is 0.816. The van der Waals surface area contributed by atoms with Gasteiger partial charge < -0.3 is 15.3 Å². The molecular formula is C15H20Cl2N2O2. The first-order valence-corrected chi connectivity index (χ1v) is 7.95. The van der Waals surface area contributed by atoms with Crippen molar-refractivity contribution in [2.75, 3.05) is 26.2 Å². The van der Waals surface area contributed by atoms with Crippen molar-refractivity contribution >= 4 is 29.1 Å². The van der Waals surface area contributed by atoms with E-state index in [1.807, 2.05) is 0 Å². The number of carbonyl (C=O) groups excluding carboxylic acids is 1. The van der Waals surface area contributed by atoms with E-state index in [0.717, 1.165) is 38.9 Å². The lowest BCUT2D eigenvalue weighted by Crippen LogP contribution is -2.37. The molecule has 1 aromatic rings. The number of piperidine rings is 1. The Bertz CT molecular complexity index is 468. The fraction of sp³-hybridized carbons (Fsp3) is 0.533. The minimum Gasteiger partial charge on any atom is -0.393 e. The molecule has 6 heteroatoms. The summed E-state index contributed by atoms with van der Waals surface area (Å²) < 4.78 is 0. The molecule has 1 aliphatic rings. The van der Waals surface area contributed by atoms with Crippen LogP contribution in [0.4, 0.5) is 0 Å². The number of aliphatic hydroxyl groups excluding tert-OH is 1. The Labute approximate surface area is 135 Å². The van der Waals surface area contributed by atoms with E-state index in [1.165, 1.54) is 0 Å². The largest absolute Gasteiger partial charge is 0.393 e. The van der Waals surface area contributed by atoms with Crippen molar-refractivity contribution in [1.29, 1.82) is 0 Å². The average molecular weight is 331 g/mol. The molecule has 1 amide bonds. The minimum absolute atomic E-state index is 0.145. The maximum atomic E-state index is 12.0. The molecule has 0 spiro atoms. The van der Waals surface area contributed by atoms with Crippen molar-refractivity contribution in [3.8, 4) is 0 Å². The maximum absolute atomic E-state index is 12.0. The summed E-state index contributed by atoms with van der Waals surface area (Å²) in [7, 11) is 0. The van der Waals surface area contributed by atoms with Gasteiger partial charge in [-0.15, -0.1) is 0 Å². The van der Waals surface area contributed by atoms with E-state index in [9.17, 15) is 9.90 Å². The Hall–Kier alpha value is -0.810. The third-order valence-corrected chi connectivity index (χ3v) is 4.05. The van der Waals surface area contributed by atoms with E-state index < -0.39 is 0 Å². The number of nitrogens with zero attached hydrogens (tertiary/aromatic N) is 1. The summed E-state index contributed by atoms with van der Waals surface area (Å²) in [5.41, 5.74) is 0.480. The molecule has 0 atom stereocenters. The Kier molecular flexibility index (Phi) is 6.30. The Balaban J connectivity index is 1.69. The molecule has 2 rings (SSSR count). The summed E-state index contributed by atoms with van der Waals surface area (Å²) in [4.78, 5) is 14.3. The number of amides is 1. The number of aliphatic hydroxyl groups is 1. The van der Waals surface area contributed by atoms with E-state index in [2.05, 4.69) is 10.2 Å². The van der Waals surface area contributed by atoms with Gasteiger partial charge in [0.1, 0.15) is 0 Å². The van der Waals surface area contributed by atoms with Crippen LogP contribution in [0.15, 0.2) is 18.2 Å². The predicted molar refractivity (Wildman–Crippen MR) is 85.1 cm³/mol. The van der Waals surface area contributed by atoms with Crippen molar-refractivity contribution in [2.24, 2.45) is 0 Å². The van der Waals surface area contributed by atoms with Gasteiger partial charge >= 0.3 is 0 Å². The highest BCUT2D eigenvalue weighted by molar-refractivity contribution is 6.35. The van der Waals surface area contributed by atoms with Gasteiger partial charge in [-0.2, -0.15) is 0 Å². The minimum atomic E-state index is -0.159. The molecule has 0 radical (unpaired) electrons. The van der Waals surface area contributed by atoms with Gasteiger partial charge in [0.15, 0.2) is 0 Å². The SMILES string of the molecule is O=C(NCCCN1CCC(O)CC1)c1cc(Cl)cc(Cl)c1. The monoisotopic (exact) mass is 330 g/mol. The van der Waals surface area contributed by atoms with Crippen LogP contribution in [0.5, 0.6) is 0 Å². The lowest BCUT2D eigenvalue weighted by atomic mass is 10.1. The van der Waals surface area contributed by atoms with Gasteiger partial charge in [-0.1, -0.05) is 23.2 Å². The predicted octanol–water partition coefficient (Wildman–Crippen LogP) is 2.57. The van der Waals surface area contributed by atoms with Crippen LogP contribution in [0.1, 0.15) is 29.6 Å². The number of rotatable bonds is 5. The number of halogens is 2. The summed E-state index contributed by atoms with van der Waals surface area (Å²) in [6.07, 6.45) is 2.42. The van der Waals surface area contributed by atoms with Crippen LogP contribution in [0.2, 0.25) is 10.0 Å². The molecule has 0 unspecified atom stereocenters. The topological polar surface area (TPSA) is 52.6 Å². The smallest absolute Gasteiger partial charge is 0.251 e. The van der Waals surface area contributed by atoms with Crippen molar-refractivity contribution in [3.05, 3.63) is 33.8 Å². The normalized spacial score (nSPS) is 16.9. The van der Waals surface area contributed by atoms with Crippen LogP contribution in [-0.4, -0.2) is 48.2 Å². The summed E-state index contributed by atoms with van der Waals surface area (Å²) >= 11 is 11.8. The summed E-state index contributed by atoms with van der Waals surface area (Å²) in [6.45, 7) is 3.41. The number of hydrogen-bond acceptors (Lipinski definition) is 3. The molecule has 0 bridgehead atoms. The molecule has 116 valence electrons. The van der Waals surface area contributed by atoms with Gasteiger partial charge in [0.25, 0.3) is 5.91 Å². The van der Waals surface area contributed by atoms with Crippen molar-refractivity contribution in [2.45, 2.75) is 25.4 Å². The van der Waals surface area contributed by atoms with E-state index in [0.29, 0.717) is 22.2 Å². The van der Waals surface area contributed by atoms with Crippen molar-refractivity contribution in [1.82, 2.24) is 10.2 Å². The fourth-order valence-corrected chi connectivity index (χ4v) is 2.96. The Morgan fingerprint density at radius 3 is 2.48 bits per heavy atom. The van der Waals surface area contributed by atoms with Gasteiger partial charge in [-0.3, -0.25) is 4.79 Å². The van der Waals surface area contributed by atoms with Crippen LogP contribution < -0.4 is 5.32 Å². The molecule has 21 heavy (non-hydrogen) atoms. The zero-order valence-electron chi connectivity index (χ0n) is 11.8. The molecule has 1 heterocycles. The van der Waals surface area contributed by atoms with Crippen LogP contribution in [-0.2, 0) is 0 Å². The molecular weight excluding hydrogens is 311 g/mol. The highest BCUT2D eigenvalue weighted by Gasteiger charge is 2.16. The van der Waals surface area contributed by atoms with Gasteiger partial charge in [-0.05, 0) is 44.0 Å². The summed E-state index contributed by atoms with van der Waals surface area (Å²) in [5, 5.41) is 13.2. The van der Waals surface area contributed by atoms with Gasteiger partial charge in [0, 0.05) is 35.2 Å². The number of carbonyl (C=O) groups is 1. The molecule has 1 aliphatic heterocycles. The number of hydrogen-bond donors (Lipinski definition) is 2. The molecule has 4 nitrogen and oxygen atoms in total. The number of likely N-dealkylation sites (tertiary alicyclic amines) is 1. The fourth-order valence-electron chi connectivity index (χ4n) is 2.43. The van der Waals surface area contributed by atoms with E-state index >= 15 is 0 Å². The second kappa shape index (κ2) is 7.99. The van der Waals surface area contributed by atoms with Crippen LogP contribution in [0.25, 0.3) is 0 Å². The summed E-state index contributed by atoms with van der Waals surface area (Å²) in [6, 6.07) is 4.81. The van der Waals surface area contributed by atoms with Gasteiger partial charge in [-0.25, -0.2) is 0 Å². The van der Waals surface area contributed by atoms with Gasteiger partial charge in [0.2, 0.25) is 0 Å². The molecule has 1 fully saturated rings. The highest BCUT2D eigenvalue weighted by atomic mass is 35.5.